The van der Waals surface area contributed by atoms with Crippen LogP contribution < -0.4 is 11.5 Å². The number of hydrogen-bond donors (Lipinski definition) is 2. The first-order chi connectivity index (χ1) is 18.1. The SMILES string of the molecule is CCC[C@@H](CC1CCCCC1OC1CCCCC1C[C@H](CCC)c1ccc(N)cc1)c1ccc(N)cc1. The standard InChI is InChI=1S/C34H52N2O/c1-3-9-27(25-15-19-31(35)20-16-25)23-29-11-5-7-13-33(29)37-34-14-8-6-12-30(34)24-28(10-4-2)26-17-21-32(36)22-18-26/h15-22,27-30,33-34H,3-14,23-24,35-36H2,1-2H3/t27-,28-,29?,30?,33?,34?/m0/s1. The molecule has 0 aliphatic heterocycles. The van der Waals surface area contributed by atoms with Gasteiger partial charge in [0.1, 0.15) is 0 Å². The van der Waals surface area contributed by atoms with Crippen molar-refractivity contribution in [1.29, 1.82) is 0 Å². The van der Waals surface area contributed by atoms with Crippen LogP contribution in [0.1, 0.15) is 127 Å². The van der Waals surface area contributed by atoms with Gasteiger partial charge in [0.05, 0.1) is 12.2 Å². The maximum Gasteiger partial charge on any atom is 0.0607 e. The fourth-order valence-electron chi connectivity index (χ4n) is 7.27. The number of anilines is 2. The van der Waals surface area contributed by atoms with Gasteiger partial charge in [-0.25, -0.2) is 0 Å². The van der Waals surface area contributed by atoms with Crippen LogP contribution in [0.4, 0.5) is 11.4 Å². The summed E-state index contributed by atoms with van der Waals surface area (Å²) < 4.78 is 7.19. The van der Waals surface area contributed by atoms with Gasteiger partial charge >= 0.3 is 0 Å². The zero-order chi connectivity index (χ0) is 26.0. The van der Waals surface area contributed by atoms with E-state index in [-0.39, 0.29) is 0 Å². The Morgan fingerprint density at radius 3 is 1.38 bits per heavy atom. The van der Waals surface area contributed by atoms with Crippen LogP contribution in [0.2, 0.25) is 0 Å². The molecule has 6 atom stereocenters. The van der Waals surface area contributed by atoms with E-state index in [4.69, 9.17) is 16.2 Å². The molecule has 2 aromatic carbocycles. The van der Waals surface area contributed by atoms with Gasteiger partial charge in [0.25, 0.3) is 0 Å². The van der Waals surface area contributed by atoms with E-state index in [0.717, 1.165) is 11.4 Å². The van der Waals surface area contributed by atoms with Crippen molar-refractivity contribution in [3.63, 3.8) is 0 Å². The summed E-state index contributed by atoms with van der Waals surface area (Å²) in [5, 5.41) is 0. The van der Waals surface area contributed by atoms with Crippen LogP contribution >= 0.6 is 0 Å². The highest BCUT2D eigenvalue weighted by Gasteiger charge is 2.35. The summed E-state index contributed by atoms with van der Waals surface area (Å²) in [6, 6.07) is 17.3. The molecule has 2 saturated carbocycles. The fraction of sp³-hybridized carbons (Fsp3) is 0.647. The lowest BCUT2D eigenvalue weighted by atomic mass is 9.75. The third-order valence-corrected chi connectivity index (χ3v) is 9.29. The highest BCUT2D eigenvalue weighted by Crippen LogP contribution is 2.42. The van der Waals surface area contributed by atoms with Crippen LogP contribution in [0.15, 0.2) is 48.5 Å². The summed E-state index contributed by atoms with van der Waals surface area (Å²) in [6.45, 7) is 4.64. The second-order valence-corrected chi connectivity index (χ2v) is 12.1. The van der Waals surface area contributed by atoms with E-state index in [1.807, 2.05) is 0 Å². The number of ether oxygens (including phenoxy) is 1. The Morgan fingerprint density at radius 2 is 1.00 bits per heavy atom. The summed E-state index contributed by atoms with van der Waals surface area (Å²) in [5.41, 5.74) is 16.6. The molecule has 204 valence electrons. The Hall–Kier alpha value is -2.00. The lowest BCUT2D eigenvalue weighted by Gasteiger charge is -2.41. The van der Waals surface area contributed by atoms with Crippen LogP contribution in [-0.2, 0) is 4.74 Å². The van der Waals surface area contributed by atoms with Gasteiger partial charge in [0.2, 0.25) is 0 Å². The molecule has 3 nitrogen and oxygen atoms in total. The van der Waals surface area contributed by atoms with Gasteiger partial charge in [-0.15, -0.1) is 0 Å². The molecule has 0 bridgehead atoms. The summed E-state index contributed by atoms with van der Waals surface area (Å²) in [7, 11) is 0. The van der Waals surface area contributed by atoms with Gasteiger partial charge in [0, 0.05) is 11.4 Å². The molecule has 4 N–H and O–H groups in total. The molecule has 4 rings (SSSR count). The largest absolute Gasteiger partial charge is 0.399 e. The van der Waals surface area contributed by atoms with Crippen molar-refractivity contribution < 1.29 is 4.74 Å². The fourth-order valence-corrected chi connectivity index (χ4v) is 7.27. The molecule has 0 aromatic heterocycles. The van der Waals surface area contributed by atoms with Gasteiger partial charge in [-0.1, -0.05) is 76.6 Å². The van der Waals surface area contributed by atoms with Gasteiger partial charge in [0.15, 0.2) is 0 Å². The van der Waals surface area contributed by atoms with Crippen molar-refractivity contribution >= 4 is 11.4 Å². The highest BCUT2D eigenvalue weighted by atomic mass is 16.5. The molecule has 2 fully saturated rings. The first-order valence-corrected chi connectivity index (χ1v) is 15.4. The maximum atomic E-state index is 7.19. The predicted octanol–water partition coefficient (Wildman–Crippen LogP) is 9.23. The molecule has 0 heterocycles. The Morgan fingerprint density at radius 1 is 0.622 bits per heavy atom. The number of benzene rings is 2. The van der Waals surface area contributed by atoms with Crippen molar-refractivity contribution in [3.8, 4) is 0 Å². The van der Waals surface area contributed by atoms with Crippen molar-refractivity contribution in [2.24, 2.45) is 11.8 Å². The minimum absolute atomic E-state index is 0.425. The molecule has 2 aliphatic carbocycles. The Balaban J connectivity index is 1.44. The highest BCUT2D eigenvalue weighted by molar-refractivity contribution is 5.41. The Labute approximate surface area is 226 Å². The summed E-state index contributed by atoms with van der Waals surface area (Å²) in [4.78, 5) is 0. The number of nitrogens with two attached hydrogens (primary N) is 2. The van der Waals surface area contributed by atoms with Crippen molar-refractivity contribution in [2.45, 2.75) is 128 Å². The number of hydrogen-bond acceptors (Lipinski definition) is 3. The van der Waals surface area contributed by atoms with Crippen LogP contribution in [0.25, 0.3) is 0 Å². The van der Waals surface area contributed by atoms with E-state index >= 15 is 0 Å². The first kappa shape index (κ1) is 28.0. The van der Waals surface area contributed by atoms with Crippen molar-refractivity contribution in [1.82, 2.24) is 0 Å². The lowest BCUT2D eigenvalue weighted by molar-refractivity contribution is -0.100. The van der Waals surface area contributed by atoms with Crippen LogP contribution in [0, 0.1) is 11.8 Å². The molecule has 0 radical (unpaired) electrons. The van der Waals surface area contributed by atoms with E-state index in [1.54, 1.807) is 0 Å². The second kappa shape index (κ2) is 14.2. The summed E-state index contributed by atoms with van der Waals surface area (Å²) in [6.07, 6.45) is 18.8. The second-order valence-electron chi connectivity index (χ2n) is 12.1. The molecule has 4 unspecified atom stereocenters. The molecule has 0 spiro atoms. The van der Waals surface area contributed by atoms with Crippen LogP contribution in [-0.4, -0.2) is 12.2 Å². The number of rotatable bonds is 12. The van der Waals surface area contributed by atoms with Crippen LogP contribution in [0.3, 0.4) is 0 Å². The molecule has 0 amide bonds. The minimum Gasteiger partial charge on any atom is -0.399 e. The number of nitrogen functional groups attached to an aromatic ring is 2. The van der Waals surface area contributed by atoms with E-state index in [1.165, 1.54) is 101 Å². The van der Waals surface area contributed by atoms with Gasteiger partial charge in [-0.2, -0.15) is 0 Å². The van der Waals surface area contributed by atoms with Crippen molar-refractivity contribution in [2.75, 3.05) is 11.5 Å². The molecule has 2 aromatic rings. The third kappa shape index (κ3) is 7.99. The monoisotopic (exact) mass is 504 g/mol. The molecular weight excluding hydrogens is 452 g/mol. The first-order valence-electron chi connectivity index (χ1n) is 15.4. The third-order valence-electron chi connectivity index (χ3n) is 9.29. The van der Waals surface area contributed by atoms with Gasteiger partial charge in [-0.3, -0.25) is 0 Å². The van der Waals surface area contributed by atoms with Crippen LogP contribution in [0.5, 0.6) is 0 Å². The Kier molecular flexibility index (Phi) is 10.8. The normalized spacial score (nSPS) is 26.0. The Bertz CT molecular complexity index is 833. The van der Waals surface area contributed by atoms with Crippen molar-refractivity contribution in [3.05, 3.63) is 59.7 Å². The lowest BCUT2D eigenvalue weighted by Crippen LogP contribution is -2.38. The quantitative estimate of drug-likeness (QED) is 0.283. The average Bonchev–Trinajstić information content (AvgIpc) is 2.91. The molecule has 3 heteroatoms. The smallest absolute Gasteiger partial charge is 0.0607 e. The van der Waals surface area contributed by atoms with E-state index < -0.39 is 0 Å². The van der Waals surface area contributed by atoms with E-state index in [2.05, 4.69) is 62.4 Å². The van der Waals surface area contributed by atoms with Gasteiger partial charge < -0.3 is 16.2 Å². The van der Waals surface area contributed by atoms with E-state index in [0.29, 0.717) is 35.9 Å². The minimum atomic E-state index is 0.425. The van der Waals surface area contributed by atoms with E-state index in [9.17, 15) is 0 Å². The summed E-state index contributed by atoms with van der Waals surface area (Å²) >= 11 is 0. The van der Waals surface area contributed by atoms with Gasteiger partial charge in [-0.05, 0) is 110 Å². The zero-order valence-electron chi connectivity index (χ0n) is 23.5. The molecule has 37 heavy (non-hydrogen) atoms. The molecular formula is C34H52N2O. The summed E-state index contributed by atoms with van der Waals surface area (Å²) in [5.74, 6) is 2.57. The zero-order valence-corrected chi connectivity index (χ0v) is 23.5. The molecule has 0 saturated heterocycles. The predicted molar refractivity (Wildman–Crippen MR) is 159 cm³/mol. The maximum absolute atomic E-state index is 7.19. The molecule has 2 aliphatic rings. The topological polar surface area (TPSA) is 61.3 Å². The average molecular weight is 505 g/mol.